The van der Waals surface area contributed by atoms with Gasteiger partial charge in [-0.3, -0.25) is 0 Å². The van der Waals surface area contributed by atoms with Gasteiger partial charge in [0.15, 0.2) is 5.75 Å². The molecule has 1 aromatic heterocycles. The molecule has 3 nitrogen and oxygen atoms in total. The van der Waals surface area contributed by atoms with Crippen LogP contribution < -0.4 is 10.1 Å². The molecular formula is C9H11NO2. The maximum Gasteiger partial charge on any atom is 0.181 e. The van der Waals surface area contributed by atoms with Crippen LogP contribution in [-0.4, -0.2) is 12.6 Å². The topological polar surface area (TPSA) is 34.4 Å². The molecule has 2 aliphatic rings. The molecule has 1 N–H and O–H groups in total. The van der Waals surface area contributed by atoms with Gasteiger partial charge in [0.1, 0.15) is 24.3 Å². The van der Waals surface area contributed by atoms with Crippen molar-refractivity contribution < 1.29 is 9.15 Å². The number of hydrogen-bond donors (Lipinski definition) is 1. The third-order valence-corrected chi connectivity index (χ3v) is 2.55. The van der Waals surface area contributed by atoms with E-state index in [2.05, 4.69) is 5.32 Å². The fourth-order valence-electron chi connectivity index (χ4n) is 1.65. The smallest absolute Gasteiger partial charge is 0.181 e. The Balaban J connectivity index is 1.83. The predicted octanol–water partition coefficient (Wildman–Crippen LogP) is 1.86. The van der Waals surface area contributed by atoms with Crippen molar-refractivity contribution in [2.75, 3.05) is 11.9 Å². The Morgan fingerprint density at radius 3 is 3.08 bits per heavy atom. The molecule has 3 rings (SSSR count). The fraction of sp³-hybridized carbons (Fsp3) is 0.556. The summed E-state index contributed by atoms with van der Waals surface area (Å²) in [6, 6.07) is 0. The lowest BCUT2D eigenvalue weighted by molar-refractivity contribution is 0.182. The van der Waals surface area contributed by atoms with Gasteiger partial charge in [0.05, 0.1) is 6.54 Å². The van der Waals surface area contributed by atoms with Gasteiger partial charge in [-0.25, -0.2) is 0 Å². The van der Waals surface area contributed by atoms with Crippen LogP contribution in [0.1, 0.15) is 12.8 Å². The molecule has 0 amide bonds. The number of nitrogens with one attached hydrogen (secondary N) is 1. The SMILES string of the molecule is c1occ2c1NCC(C1CC1)O2. The molecule has 1 unspecified atom stereocenters. The zero-order valence-corrected chi connectivity index (χ0v) is 6.75. The highest BCUT2D eigenvalue weighted by Crippen LogP contribution is 2.39. The number of rotatable bonds is 1. The number of ether oxygens (including phenoxy) is 1. The van der Waals surface area contributed by atoms with Crippen molar-refractivity contribution in [2.45, 2.75) is 18.9 Å². The Labute approximate surface area is 70.7 Å². The summed E-state index contributed by atoms with van der Waals surface area (Å²) in [5, 5.41) is 3.30. The zero-order chi connectivity index (χ0) is 7.97. The molecule has 1 aliphatic carbocycles. The molecule has 0 radical (unpaired) electrons. The maximum atomic E-state index is 5.74. The van der Waals surface area contributed by atoms with Gasteiger partial charge in [-0.15, -0.1) is 0 Å². The normalized spacial score (nSPS) is 27.2. The van der Waals surface area contributed by atoms with Gasteiger partial charge in [-0.1, -0.05) is 0 Å². The van der Waals surface area contributed by atoms with E-state index in [9.17, 15) is 0 Å². The van der Waals surface area contributed by atoms with E-state index in [1.54, 1.807) is 12.5 Å². The van der Waals surface area contributed by atoms with Gasteiger partial charge in [0.2, 0.25) is 0 Å². The van der Waals surface area contributed by atoms with Crippen LogP contribution >= 0.6 is 0 Å². The molecule has 64 valence electrons. The lowest BCUT2D eigenvalue weighted by atomic mass is 10.2. The van der Waals surface area contributed by atoms with Crippen LogP contribution in [0, 0.1) is 5.92 Å². The summed E-state index contributed by atoms with van der Waals surface area (Å²) in [5.74, 6) is 1.65. The molecule has 12 heavy (non-hydrogen) atoms. The molecule has 1 atom stereocenters. The molecular weight excluding hydrogens is 154 g/mol. The minimum Gasteiger partial charge on any atom is -0.483 e. The minimum atomic E-state index is 0.370. The van der Waals surface area contributed by atoms with Crippen LogP contribution in [0.5, 0.6) is 5.75 Å². The first kappa shape index (κ1) is 6.40. The summed E-state index contributed by atoms with van der Waals surface area (Å²) in [4.78, 5) is 0. The van der Waals surface area contributed by atoms with E-state index in [0.717, 1.165) is 23.9 Å². The molecule has 0 bridgehead atoms. The van der Waals surface area contributed by atoms with E-state index in [-0.39, 0.29) is 0 Å². The molecule has 0 saturated heterocycles. The van der Waals surface area contributed by atoms with E-state index in [0.29, 0.717) is 6.10 Å². The number of anilines is 1. The summed E-state index contributed by atoms with van der Waals surface area (Å²) in [6.07, 6.45) is 6.36. The third kappa shape index (κ3) is 0.891. The van der Waals surface area contributed by atoms with Crippen molar-refractivity contribution in [3.63, 3.8) is 0 Å². The van der Waals surface area contributed by atoms with E-state index >= 15 is 0 Å². The van der Waals surface area contributed by atoms with Crippen LogP contribution in [0.3, 0.4) is 0 Å². The Hall–Kier alpha value is -1.12. The fourth-order valence-corrected chi connectivity index (χ4v) is 1.65. The number of furan rings is 1. The lowest BCUT2D eigenvalue weighted by Crippen LogP contribution is -2.31. The molecule has 1 fully saturated rings. The highest BCUT2D eigenvalue weighted by molar-refractivity contribution is 5.55. The van der Waals surface area contributed by atoms with Crippen molar-refractivity contribution in [3.05, 3.63) is 12.5 Å². The van der Waals surface area contributed by atoms with Gasteiger partial charge in [-0.2, -0.15) is 0 Å². The molecule has 2 heterocycles. The summed E-state index contributed by atoms with van der Waals surface area (Å²) in [7, 11) is 0. The molecule has 1 saturated carbocycles. The summed E-state index contributed by atoms with van der Waals surface area (Å²) < 4.78 is 10.8. The standard InChI is InChI=1S/C9H11NO2/c1-2-6(1)8-3-10-7-4-11-5-9(7)12-8/h4-6,8,10H,1-3H2. The van der Waals surface area contributed by atoms with Crippen LogP contribution in [0.4, 0.5) is 5.69 Å². The highest BCUT2D eigenvalue weighted by Gasteiger charge is 2.35. The molecule has 3 heteroatoms. The van der Waals surface area contributed by atoms with Crippen molar-refractivity contribution >= 4 is 5.69 Å². The largest absolute Gasteiger partial charge is 0.483 e. The minimum absolute atomic E-state index is 0.370. The first-order valence-electron chi connectivity index (χ1n) is 4.40. The zero-order valence-electron chi connectivity index (χ0n) is 6.75. The Bertz CT molecular complexity index is 290. The molecule has 1 aliphatic heterocycles. The van der Waals surface area contributed by atoms with E-state index in [4.69, 9.17) is 9.15 Å². The Morgan fingerprint density at radius 2 is 2.25 bits per heavy atom. The first-order valence-corrected chi connectivity index (χ1v) is 4.40. The van der Waals surface area contributed by atoms with E-state index in [1.807, 2.05) is 0 Å². The van der Waals surface area contributed by atoms with Crippen LogP contribution in [0.25, 0.3) is 0 Å². The Morgan fingerprint density at radius 1 is 1.33 bits per heavy atom. The third-order valence-electron chi connectivity index (χ3n) is 2.55. The second-order valence-electron chi connectivity index (χ2n) is 3.52. The van der Waals surface area contributed by atoms with Gasteiger partial charge in [-0.05, 0) is 18.8 Å². The average molecular weight is 165 g/mol. The highest BCUT2D eigenvalue weighted by atomic mass is 16.5. The second-order valence-corrected chi connectivity index (χ2v) is 3.52. The van der Waals surface area contributed by atoms with E-state index in [1.165, 1.54) is 12.8 Å². The van der Waals surface area contributed by atoms with Crippen molar-refractivity contribution in [1.29, 1.82) is 0 Å². The van der Waals surface area contributed by atoms with Crippen molar-refractivity contribution in [3.8, 4) is 5.75 Å². The van der Waals surface area contributed by atoms with E-state index < -0.39 is 0 Å². The second kappa shape index (κ2) is 2.19. The van der Waals surface area contributed by atoms with Crippen LogP contribution in [0.15, 0.2) is 16.9 Å². The summed E-state index contributed by atoms with van der Waals surface area (Å²) in [5.41, 5.74) is 0.993. The van der Waals surface area contributed by atoms with Crippen LogP contribution in [0.2, 0.25) is 0 Å². The predicted molar refractivity (Wildman–Crippen MR) is 44.3 cm³/mol. The maximum absolute atomic E-state index is 5.74. The summed E-state index contributed by atoms with van der Waals surface area (Å²) in [6.45, 7) is 0.928. The number of hydrogen-bond acceptors (Lipinski definition) is 3. The van der Waals surface area contributed by atoms with Crippen molar-refractivity contribution in [1.82, 2.24) is 0 Å². The van der Waals surface area contributed by atoms with Gasteiger partial charge in [0.25, 0.3) is 0 Å². The van der Waals surface area contributed by atoms with Gasteiger partial charge >= 0.3 is 0 Å². The quantitative estimate of drug-likeness (QED) is 0.689. The van der Waals surface area contributed by atoms with Gasteiger partial charge in [0, 0.05) is 0 Å². The molecule has 0 aromatic carbocycles. The Kier molecular flexibility index (Phi) is 1.17. The average Bonchev–Trinajstić information content (AvgIpc) is 2.84. The summed E-state index contributed by atoms with van der Waals surface area (Å²) >= 11 is 0. The monoisotopic (exact) mass is 165 g/mol. The first-order chi connectivity index (χ1) is 5.93. The lowest BCUT2D eigenvalue weighted by Gasteiger charge is -2.24. The molecule has 1 aromatic rings. The van der Waals surface area contributed by atoms with Crippen LogP contribution in [-0.2, 0) is 0 Å². The number of fused-ring (bicyclic) bond motifs is 1. The molecule has 0 spiro atoms. The van der Waals surface area contributed by atoms with Crippen molar-refractivity contribution in [2.24, 2.45) is 5.92 Å². The van der Waals surface area contributed by atoms with Gasteiger partial charge < -0.3 is 14.5 Å².